The topological polar surface area (TPSA) is 94.8 Å². The lowest BCUT2D eigenvalue weighted by Gasteiger charge is -2.18. The monoisotopic (exact) mass is 542 g/mol. The van der Waals surface area contributed by atoms with Crippen molar-refractivity contribution >= 4 is 21.4 Å². The Balaban J connectivity index is 1.63. The SMILES string of the molecule is Cc1cnc(-c2cccc(S(C)(=O)=O)c2F)c(F)c1-n1c(C)cc([C@@H]2CC2c2cnccn2)c(Cl)c1=O. The van der Waals surface area contributed by atoms with Crippen molar-refractivity contribution in [1.82, 2.24) is 19.5 Å². The molecule has 3 aromatic heterocycles. The maximum Gasteiger partial charge on any atom is 0.274 e. The van der Waals surface area contributed by atoms with E-state index in [4.69, 9.17) is 11.6 Å². The Bertz CT molecular complexity index is 1730. The fourth-order valence-corrected chi connectivity index (χ4v) is 5.70. The van der Waals surface area contributed by atoms with Gasteiger partial charge in [0.25, 0.3) is 5.56 Å². The molecular weight excluding hydrogens is 522 g/mol. The van der Waals surface area contributed by atoms with Crippen molar-refractivity contribution in [3.05, 3.63) is 98.6 Å². The first kappa shape index (κ1) is 25.2. The molecule has 1 fully saturated rings. The Hall–Kier alpha value is -3.50. The molecular formula is C26H21ClF2N4O3S. The summed E-state index contributed by atoms with van der Waals surface area (Å²) in [5, 5.41) is -0.0376. The number of hydrogen-bond acceptors (Lipinski definition) is 6. The summed E-state index contributed by atoms with van der Waals surface area (Å²) in [6.45, 7) is 3.22. The molecule has 0 N–H and O–H groups in total. The van der Waals surface area contributed by atoms with E-state index in [9.17, 15) is 13.2 Å². The number of sulfone groups is 1. The molecule has 2 atom stereocenters. The molecule has 37 heavy (non-hydrogen) atoms. The van der Waals surface area contributed by atoms with Gasteiger partial charge in [0, 0.05) is 48.2 Å². The summed E-state index contributed by atoms with van der Waals surface area (Å²) in [7, 11) is -3.90. The van der Waals surface area contributed by atoms with Crippen molar-refractivity contribution < 1.29 is 17.2 Å². The van der Waals surface area contributed by atoms with Crippen LogP contribution in [0.3, 0.4) is 0 Å². The number of pyridine rings is 2. The van der Waals surface area contributed by atoms with Crippen LogP contribution in [0.2, 0.25) is 5.02 Å². The van der Waals surface area contributed by atoms with Crippen LogP contribution in [-0.4, -0.2) is 34.2 Å². The van der Waals surface area contributed by atoms with Crippen LogP contribution in [0, 0.1) is 25.5 Å². The summed E-state index contributed by atoms with van der Waals surface area (Å²) in [5.41, 5.74) is 0.703. The second-order valence-electron chi connectivity index (χ2n) is 9.12. The van der Waals surface area contributed by atoms with Gasteiger partial charge in [0.1, 0.15) is 15.6 Å². The minimum absolute atomic E-state index is 0.0166. The molecule has 0 radical (unpaired) electrons. The van der Waals surface area contributed by atoms with E-state index >= 15 is 8.78 Å². The molecule has 11 heteroatoms. The molecule has 1 aliphatic rings. The maximum absolute atomic E-state index is 16.0. The van der Waals surface area contributed by atoms with E-state index in [-0.39, 0.29) is 28.1 Å². The molecule has 0 bridgehead atoms. The number of nitrogens with zero attached hydrogens (tertiary/aromatic N) is 4. The van der Waals surface area contributed by atoms with Crippen molar-refractivity contribution in [1.29, 1.82) is 0 Å². The highest BCUT2D eigenvalue weighted by molar-refractivity contribution is 7.90. The standard InChI is InChI=1S/C26H21ClF2N4O3S/c1-13-11-32-24(15-5-4-6-20(22(15)28)37(3,35)36)23(29)25(13)33-14(2)9-18(21(27)26(33)34)16-10-17(16)19-12-30-7-8-31-19/h4-9,11-12,16-17H,10H2,1-3H3/t16-,17?/m1/s1. The summed E-state index contributed by atoms with van der Waals surface area (Å²) in [4.78, 5) is 25.3. The molecule has 190 valence electrons. The second-order valence-corrected chi connectivity index (χ2v) is 11.5. The zero-order chi connectivity index (χ0) is 26.6. The van der Waals surface area contributed by atoms with Gasteiger partial charge in [0.15, 0.2) is 21.5 Å². The summed E-state index contributed by atoms with van der Waals surface area (Å²) < 4.78 is 56.2. The molecule has 0 spiro atoms. The fourth-order valence-electron chi connectivity index (χ4n) is 4.66. The molecule has 0 aliphatic heterocycles. The second kappa shape index (κ2) is 9.11. The predicted molar refractivity (Wildman–Crippen MR) is 135 cm³/mol. The molecule has 0 saturated heterocycles. The molecule has 1 saturated carbocycles. The van der Waals surface area contributed by atoms with E-state index in [0.29, 0.717) is 16.8 Å². The minimum Gasteiger partial charge on any atom is -0.277 e. The van der Waals surface area contributed by atoms with Crippen LogP contribution in [0.5, 0.6) is 0 Å². The molecule has 3 heterocycles. The van der Waals surface area contributed by atoms with Crippen LogP contribution in [-0.2, 0) is 9.84 Å². The number of aromatic nitrogens is 4. The molecule has 4 aromatic rings. The first-order chi connectivity index (χ1) is 17.5. The first-order valence-corrected chi connectivity index (χ1v) is 13.6. The largest absolute Gasteiger partial charge is 0.277 e. The average molecular weight is 543 g/mol. The number of aryl methyl sites for hydroxylation is 2. The predicted octanol–water partition coefficient (Wildman–Crippen LogP) is 4.91. The van der Waals surface area contributed by atoms with Crippen LogP contribution in [0.25, 0.3) is 16.9 Å². The van der Waals surface area contributed by atoms with Gasteiger partial charge in [-0.3, -0.25) is 24.3 Å². The van der Waals surface area contributed by atoms with Crippen LogP contribution in [0.4, 0.5) is 8.78 Å². The Morgan fingerprint density at radius 3 is 2.49 bits per heavy atom. The van der Waals surface area contributed by atoms with Crippen molar-refractivity contribution in [2.75, 3.05) is 6.26 Å². The van der Waals surface area contributed by atoms with Gasteiger partial charge < -0.3 is 0 Å². The first-order valence-electron chi connectivity index (χ1n) is 11.3. The van der Waals surface area contributed by atoms with E-state index in [0.717, 1.165) is 29.0 Å². The number of benzene rings is 1. The van der Waals surface area contributed by atoms with Crippen molar-refractivity contribution in [2.24, 2.45) is 0 Å². The van der Waals surface area contributed by atoms with Gasteiger partial charge in [0.2, 0.25) is 0 Å². The average Bonchev–Trinajstić information content (AvgIpc) is 3.64. The maximum atomic E-state index is 16.0. The molecule has 1 aromatic carbocycles. The van der Waals surface area contributed by atoms with Gasteiger partial charge >= 0.3 is 0 Å². The summed E-state index contributed by atoms with van der Waals surface area (Å²) >= 11 is 6.53. The van der Waals surface area contributed by atoms with Gasteiger partial charge in [-0.15, -0.1) is 0 Å². The number of rotatable bonds is 5. The van der Waals surface area contributed by atoms with E-state index in [1.54, 1.807) is 38.5 Å². The lowest BCUT2D eigenvalue weighted by atomic mass is 10.1. The van der Waals surface area contributed by atoms with Crippen molar-refractivity contribution in [3.63, 3.8) is 0 Å². The van der Waals surface area contributed by atoms with E-state index in [1.165, 1.54) is 18.3 Å². The van der Waals surface area contributed by atoms with E-state index < -0.39 is 37.6 Å². The zero-order valence-electron chi connectivity index (χ0n) is 20.0. The molecule has 5 rings (SSSR count). The lowest BCUT2D eigenvalue weighted by Crippen LogP contribution is -2.24. The summed E-state index contributed by atoms with van der Waals surface area (Å²) in [6, 6.07) is 5.39. The molecule has 7 nitrogen and oxygen atoms in total. The highest BCUT2D eigenvalue weighted by Crippen LogP contribution is 2.55. The van der Waals surface area contributed by atoms with Gasteiger partial charge in [-0.05, 0) is 55.5 Å². The van der Waals surface area contributed by atoms with Gasteiger partial charge in [0.05, 0.1) is 11.4 Å². The Morgan fingerprint density at radius 2 is 1.81 bits per heavy atom. The van der Waals surface area contributed by atoms with Gasteiger partial charge in [-0.1, -0.05) is 17.7 Å². The molecule has 0 amide bonds. The van der Waals surface area contributed by atoms with Crippen LogP contribution in [0.15, 0.2) is 58.7 Å². The number of halogens is 3. The molecule has 1 aliphatic carbocycles. The highest BCUT2D eigenvalue weighted by Gasteiger charge is 2.42. The normalized spacial score (nSPS) is 17.1. The van der Waals surface area contributed by atoms with Crippen LogP contribution >= 0.6 is 11.6 Å². The number of hydrogen-bond donors (Lipinski definition) is 0. The Morgan fingerprint density at radius 1 is 1.05 bits per heavy atom. The Labute approximate surface area is 216 Å². The van der Waals surface area contributed by atoms with Gasteiger partial charge in [-0.2, -0.15) is 0 Å². The third-order valence-corrected chi connectivity index (χ3v) is 8.03. The van der Waals surface area contributed by atoms with E-state index in [1.807, 2.05) is 0 Å². The minimum atomic E-state index is -3.90. The van der Waals surface area contributed by atoms with Crippen molar-refractivity contribution in [2.45, 2.75) is 37.0 Å². The lowest BCUT2D eigenvalue weighted by molar-refractivity contribution is 0.569. The quantitative estimate of drug-likeness (QED) is 0.355. The third-order valence-electron chi connectivity index (χ3n) is 6.53. The third kappa shape index (κ3) is 4.34. The highest BCUT2D eigenvalue weighted by atomic mass is 35.5. The van der Waals surface area contributed by atoms with Crippen LogP contribution in [0.1, 0.15) is 40.8 Å². The molecule has 1 unspecified atom stereocenters. The van der Waals surface area contributed by atoms with Gasteiger partial charge in [-0.25, -0.2) is 17.2 Å². The van der Waals surface area contributed by atoms with E-state index in [2.05, 4.69) is 15.0 Å². The fraction of sp³-hybridized carbons (Fsp3) is 0.231. The van der Waals surface area contributed by atoms with Crippen molar-refractivity contribution in [3.8, 4) is 16.9 Å². The summed E-state index contributed by atoms with van der Waals surface area (Å²) in [5.74, 6) is -2.02. The zero-order valence-corrected chi connectivity index (χ0v) is 21.6. The summed E-state index contributed by atoms with van der Waals surface area (Å²) in [6.07, 6.45) is 7.80. The Kier molecular flexibility index (Phi) is 6.19. The smallest absolute Gasteiger partial charge is 0.274 e. The van der Waals surface area contributed by atoms with Crippen LogP contribution < -0.4 is 5.56 Å².